The summed E-state index contributed by atoms with van der Waals surface area (Å²) in [4.78, 5) is 11.7. The van der Waals surface area contributed by atoms with Crippen LogP contribution >= 0.6 is 0 Å². The van der Waals surface area contributed by atoms with Crippen LogP contribution in [0.3, 0.4) is 0 Å². The summed E-state index contributed by atoms with van der Waals surface area (Å²) in [5.41, 5.74) is 2.26. The van der Waals surface area contributed by atoms with E-state index in [1.807, 2.05) is 39.8 Å². The average Bonchev–Trinajstić information content (AvgIpc) is 2.38. The third-order valence-electron chi connectivity index (χ3n) is 3.26. The normalized spacial score (nSPS) is 12.3. The molecular formula is C16H25NO3. The number of nitrogens with one attached hydrogen (secondary N) is 1. The molecule has 0 saturated carbocycles. The van der Waals surface area contributed by atoms with Crippen LogP contribution in [0.15, 0.2) is 18.2 Å². The van der Waals surface area contributed by atoms with Crippen LogP contribution < -0.4 is 10.1 Å². The number of carbonyl (C=O) groups is 1. The molecule has 2 N–H and O–H groups in total. The molecular weight excluding hydrogens is 254 g/mol. The maximum Gasteiger partial charge on any atom is 0.223 e. The number of hydrogen-bond donors (Lipinski definition) is 2. The summed E-state index contributed by atoms with van der Waals surface area (Å²) in [5.74, 6) is 0.928. The zero-order valence-corrected chi connectivity index (χ0v) is 12.8. The number of benzene rings is 1. The zero-order valence-electron chi connectivity index (χ0n) is 12.8. The number of carbonyl (C=O) groups excluding carboxylic acids is 1. The highest BCUT2D eigenvalue weighted by Crippen LogP contribution is 2.18. The largest absolute Gasteiger partial charge is 0.493 e. The van der Waals surface area contributed by atoms with Gasteiger partial charge in [0.05, 0.1) is 25.7 Å². The lowest BCUT2D eigenvalue weighted by Crippen LogP contribution is -2.41. The standard InChI is InChI=1S/C16H25NO3/c1-11(2)14(10-18)17-16(19)7-8-20-15-6-5-12(3)9-13(15)4/h5-6,9,11,14,18H,7-8,10H2,1-4H3,(H,17,19)/t14-/m1/s1. The van der Waals surface area contributed by atoms with E-state index in [4.69, 9.17) is 9.84 Å². The van der Waals surface area contributed by atoms with Crippen molar-refractivity contribution in [1.29, 1.82) is 0 Å². The highest BCUT2D eigenvalue weighted by Gasteiger charge is 2.14. The molecule has 4 heteroatoms. The van der Waals surface area contributed by atoms with Crippen molar-refractivity contribution >= 4 is 5.91 Å². The molecule has 1 atom stereocenters. The average molecular weight is 279 g/mol. The van der Waals surface area contributed by atoms with Crippen LogP contribution in [0.25, 0.3) is 0 Å². The Hall–Kier alpha value is -1.55. The Balaban J connectivity index is 2.38. The van der Waals surface area contributed by atoms with Gasteiger partial charge in [-0.25, -0.2) is 0 Å². The molecule has 0 radical (unpaired) electrons. The van der Waals surface area contributed by atoms with Crippen molar-refractivity contribution in [3.63, 3.8) is 0 Å². The predicted molar refractivity (Wildman–Crippen MR) is 79.9 cm³/mol. The molecule has 0 fully saturated rings. The van der Waals surface area contributed by atoms with E-state index >= 15 is 0 Å². The van der Waals surface area contributed by atoms with Crippen molar-refractivity contribution in [2.24, 2.45) is 5.92 Å². The molecule has 0 aliphatic rings. The summed E-state index contributed by atoms with van der Waals surface area (Å²) < 4.78 is 5.61. The Labute approximate surface area is 121 Å². The van der Waals surface area contributed by atoms with E-state index in [1.54, 1.807) is 0 Å². The number of rotatable bonds is 7. The lowest BCUT2D eigenvalue weighted by Gasteiger charge is -2.20. The van der Waals surface area contributed by atoms with Crippen LogP contribution in [-0.4, -0.2) is 30.3 Å². The molecule has 0 aliphatic carbocycles. The first-order valence-electron chi connectivity index (χ1n) is 7.04. The Bertz CT molecular complexity index is 443. The van der Waals surface area contributed by atoms with Crippen LogP contribution in [0.2, 0.25) is 0 Å². The lowest BCUT2D eigenvalue weighted by atomic mass is 10.1. The summed E-state index contributed by atoms with van der Waals surface area (Å²) in [6.07, 6.45) is 0.288. The monoisotopic (exact) mass is 279 g/mol. The molecule has 112 valence electrons. The van der Waals surface area contributed by atoms with Crippen molar-refractivity contribution < 1.29 is 14.6 Å². The summed E-state index contributed by atoms with van der Waals surface area (Å²) in [6.45, 7) is 8.25. The fourth-order valence-electron chi connectivity index (χ4n) is 1.92. The van der Waals surface area contributed by atoms with Crippen LogP contribution in [0.1, 0.15) is 31.4 Å². The minimum Gasteiger partial charge on any atom is -0.493 e. The zero-order chi connectivity index (χ0) is 15.1. The molecule has 0 aliphatic heterocycles. The first-order valence-corrected chi connectivity index (χ1v) is 7.04. The molecule has 0 heterocycles. The smallest absolute Gasteiger partial charge is 0.223 e. The van der Waals surface area contributed by atoms with Crippen LogP contribution in [0.4, 0.5) is 0 Å². The van der Waals surface area contributed by atoms with E-state index in [1.165, 1.54) is 5.56 Å². The fourth-order valence-corrected chi connectivity index (χ4v) is 1.92. The number of ether oxygens (including phenoxy) is 1. The van der Waals surface area contributed by atoms with Crippen molar-refractivity contribution in [3.8, 4) is 5.75 Å². The molecule has 20 heavy (non-hydrogen) atoms. The number of aliphatic hydroxyl groups excluding tert-OH is 1. The second-order valence-electron chi connectivity index (χ2n) is 5.47. The molecule has 1 rings (SSSR count). The second-order valence-corrected chi connectivity index (χ2v) is 5.47. The summed E-state index contributed by atoms with van der Waals surface area (Å²) in [6, 6.07) is 5.77. The Morgan fingerprint density at radius 1 is 1.35 bits per heavy atom. The van der Waals surface area contributed by atoms with Gasteiger partial charge in [0.1, 0.15) is 5.75 Å². The van der Waals surface area contributed by atoms with E-state index in [-0.39, 0.29) is 30.9 Å². The minimum atomic E-state index is -0.191. The molecule has 0 spiro atoms. The van der Waals surface area contributed by atoms with Gasteiger partial charge in [0.15, 0.2) is 0 Å². The van der Waals surface area contributed by atoms with Gasteiger partial charge in [-0.1, -0.05) is 31.5 Å². The molecule has 0 unspecified atom stereocenters. The van der Waals surface area contributed by atoms with Crippen molar-refractivity contribution in [1.82, 2.24) is 5.32 Å². The third kappa shape index (κ3) is 5.21. The van der Waals surface area contributed by atoms with Crippen molar-refractivity contribution in [2.45, 2.75) is 40.2 Å². The van der Waals surface area contributed by atoms with Gasteiger partial charge in [-0.05, 0) is 31.4 Å². The summed E-state index contributed by atoms with van der Waals surface area (Å²) in [5, 5.41) is 12.0. The fraction of sp³-hybridized carbons (Fsp3) is 0.562. The Kier molecular flexibility index (Phi) is 6.52. The van der Waals surface area contributed by atoms with Gasteiger partial charge >= 0.3 is 0 Å². The number of hydrogen-bond acceptors (Lipinski definition) is 3. The van der Waals surface area contributed by atoms with E-state index in [2.05, 4.69) is 11.4 Å². The third-order valence-corrected chi connectivity index (χ3v) is 3.26. The number of amides is 1. The summed E-state index contributed by atoms with van der Waals surface area (Å²) >= 11 is 0. The quantitative estimate of drug-likeness (QED) is 0.804. The van der Waals surface area contributed by atoms with E-state index in [9.17, 15) is 4.79 Å². The van der Waals surface area contributed by atoms with Gasteiger partial charge in [-0.15, -0.1) is 0 Å². The van der Waals surface area contributed by atoms with Crippen molar-refractivity contribution in [2.75, 3.05) is 13.2 Å². The number of aryl methyl sites for hydroxylation is 2. The van der Waals surface area contributed by atoms with Gasteiger partial charge in [0.2, 0.25) is 5.91 Å². The van der Waals surface area contributed by atoms with Gasteiger partial charge < -0.3 is 15.2 Å². The SMILES string of the molecule is Cc1ccc(OCCC(=O)N[C@H](CO)C(C)C)c(C)c1. The highest BCUT2D eigenvalue weighted by atomic mass is 16.5. The molecule has 1 aromatic rings. The maximum atomic E-state index is 11.7. The van der Waals surface area contributed by atoms with Crippen LogP contribution in [0.5, 0.6) is 5.75 Å². The van der Waals surface area contributed by atoms with E-state index in [0.29, 0.717) is 6.61 Å². The van der Waals surface area contributed by atoms with Gasteiger partial charge in [-0.3, -0.25) is 4.79 Å². The predicted octanol–water partition coefficient (Wildman–Crippen LogP) is 2.21. The van der Waals surface area contributed by atoms with Crippen molar-refractivity contribution in [3.05, 3.63) is 29.3 Å². The highest BCUT2D eigenvalue weighted by molar-refractivity contribution is 5.76. The molecule has 1 aromatic carbocycles. The Morgan fingerprint density at radius 3 is 2.60 bits per heavy atom. The minimum absolute atomic E-state index is 0.0403. The summed E-state index contributed by atoms with van der Waals surface area (Å²) in [7, 11) is 0. The van der Waals surface area contributed by atoms with Gasteiger partial charge in [-0.2, -0.15) is 0 Å². The number of aliphatic hydroxyl groups is 1. The molecule has 4 nitrogen and oxygen atoms in total. The topological polar surface area (TPSA) is 58.6 Å². The first kappa shape index (κ1) is 16.5. The van der Waals surface area contributed by atoms with E-state index < -0.39 is 0 Å². The Morgan fingerprint density at radius 2 is 2.05 bits per heavy atom. The van der Waals surface area contributed by atoms with Gasteiger partial charge in [0, 0.05) is 0 Å². The lowest BCUT2D eigenvalue weighted by molar-refractivity contribution is -0.122. The van der Waals surface area contributed by atoms with Crippen LogP contribution in [0, 0.1) is 19.8 Å². The van der Waals surface area contributed by atoms with E-state index in [0.717, 1.165) is 11.3 Å². The molecule has 0 saturated heterocycles. The second kappa shape index (κ2) is 7.90. The van der Waals surface area contributed by atoms with Gasteiger partial charge in [0.25, 0.3) is 0 Å². The molecule has 1 amide bonds. The van der Waals surface area contributed by atoms with Crippen LogP contribution in [-0.2, 0) is 4.79 Å². The molecule has 0 aromatic heterocycles. The maximum absolute atomic E-state index is 11.7. The molecule has 0 bridgehead atoms. The first-order chi connectivity index (χ1) is 9.43.